The summed E-state index contributed by atoms with van der Waals surface area (Å²) in [5.41, 5.74) is 4.33. The van der Waals surface area contributed by atoms with E-state index in [9.17, 15) is 4.79 Å². The highest BCUT2D eigenvalue weighted by atomic mass is 127. The maximum Gasteiger partial charge on any atom is 0.247 e. The van der Waals surface area contributed by atoms with E-state index in [2.05, 4.69) is 34.5 Å². The minimum Gasteiger partial charge on any atom is -0.350 e. The van der Waals surface area contributed by atoms with Gasteiger partial charge in [-0.05, 0) is 59.7 Å². The molecule has 2 aromatic carbocycles. The van der Waals surface area contributed by atoms with Crippen molar-refractivity contribution >= 4 is 40.1 Å². The van der Waals surface area contributed by atoms with E-state index in [1.165, 1.54) is 0 Å². The monoisotopic (exact) mass is 503 g/mol. The Bertz CT molecular complexity index is 1020. The molecule has 1 fully saturated rings. The molecular weight excluding hydrogens is 485 g/mol. The quantitative estimate of drug-likeness (QED) is 0.372. The number of carbonyl (C=O) groups is 1. The van der Waals surface area contributed by atoms with Crippen molar-refractivity contribution in [3.8, 4) is 16.9 Å². The summed E-state index contributed by atoms with van der Waals surface area (Å²) >= 11 is 8.38. The molecule has 0 aliphatic heterocycles. The first-order chi connectivity index (χ1) is 13.5. The van der Waals surface area contributed by atoms with Crippen molar-refractivity contribution in [1.82, 2.24) is 15.1 Å². The van der Waals surface area contributed by atoms with Gasteiger partial charge in [-0.15, -0.1) is 0 Å². The Balaban J connectivity index is 1.72. The number of rotatable bonds is 6. The average molecular weight is 504 g/mol. The maximum absolute atomic E-state index is 12.3. The molecule has 6 heteroatoms. The fraction of sp³-hybridized carbons (Fsp3) is 0.182. The van der Waals surface area contributed by atoms with E-state index >= 15 is 0 Å². The van der Waals surface area contributed by atoms with Gasteiger partial charge in [-0.2, -0.15) is 5.10 Å². The Morgan fingerprint density at radius 1 is 1.18 bits per heavy atom. The highest BCUT2D eigenvalue weighted by molar-refractivity contribution is 14.1. The van der Waals surface area contributed by atoms with Gasteiger partial charge in [0.05, 0.1) is 20.6 Å². The summed E-state index contributed by atoms with van der Waals surface area (Å²) in [6.45, 7) is 3.99. The maximum atomic E-state index is 12.3. The number of carbonyl (C=O) groups excluding carboxylic acids is 1. The lowest BCUT2D eigenvalue weighted by atomic mass is 10.1. The molecule has 142 valence electrons. The average Bonchev–Trinajstić information content (AvgIpc) is 3.46. The van der Waals surface area contributed by atoms with Crippen LogP contribution in [0.15, 0.2) is 66.7 Å². The molecule has 1 amide bonds. The molecule has 4 nitrogen and oxygen atoms in total. The summed E-state index contributed by atoms with van der Waals surface area (Å²) in [6, 6.07) is 18.0. The van der Waals surface area contributed by atoms with E-state index in [-0.39, 0.29) is 5.91 Å². The van der Waals surface area contributed by atoms with Gasteiger partial charge in [0.25, 0.3) is 0 Å². The zero-order valence-electron chi connectivity index (χ0n) is 15.2. The van der Waals surface area contributed by atoms with E-state index in [1.807, 2.05) is 59.3 Å². The summed E-state index contributed by atoms with van der Waals surface area (Å²) in [7, 11) is 0. The van der Waals surface area contributed by atoms with Crippen LogP contribution in [0.25, 0.3) is 16.9 Å². The first-order valence-electron chi connectivity index (χ1n) is 9.10. The summed E-state index contributed by atoms with van der Waals surface area (Å²) < 4.78 is 2.93. The number of hydrogen-bond acceptors (Lipinski definition) is 2. The van der Waals surface area contributed by atoms with Crippen molar-refractivity contribution < 1.29 is 4.79 Å². The molecule has 3 aromatic rings. The molecule has 1 saturated carbocycles. The van der Waals surface area contributed by atoms with Crippen molar-refractivity contribution in [2.24, 2.45) is 0 Å². The van der Waals surface area contributed by atoms with Crippen LogP contribution in [-0.4, -0.2) is 21.7 Å². The van der Waals surface area contributed by atoms with Crippen LogP contribution in [0.4, 0.5) is 0 Å². The van der Waals surface area contributed by atoms with Gasteiger partial charge in [-0.1, -0.05) is 48.5 Å². The van der Waals surface area contributed by atoms with Crippen LogP contribution >= 0.6 is 34.2 Å². The SMILES string of the molecule is C=C(Cc1nn(-c2ccccc2)c(-c2ccc(Cl)cc2)c1I)C(=O)NC1CC1. The normalized spacial score (nSPS) is 13.4. The topological polar surface area (TPSA) is 46.9 Å². The summed E-state index contributed by atoms with van der Waals surface area (Å²) in [5.74, 6) is -0.0828. The molecule has 1 aliphatic rings. The molecule has 1 aliphatic carbocycles. The number of benzene rings is 2. The van der Waals surface area contributed by atoms with Gasteiger partial charge in [0.1, 0.15) is 0 Å². The number of para-hydroxylation sites is 1. The largest absolute Gasteiger partial charge is 0.350 e. The molecule has 1 aromatic heterocycles. The third-order valence-electron chi connectivity index (χ3n) is 4.63. The summed E-state index contributed by atoms with van der Waals surface area (Å²) in [5, 5.41) is 8.52. The molecule has 4 rings (SSSR count). The summed E-state index contributed by atoms with van der Waals surface area (Å²) in [6.07, 6.45) is 2.52. The van der Waals surface area contributed by atoms with Gasteiger partial charge in [-0.25, -0.2) is 4.68 Å². The van der Waals surface area contributed by atoms with Crippen molar-refractivity contribution in [2.75, 3.05) is 0 Å². The van der Waals surface area contributed by atoms with E-state index in [0.717, 1.165) is 39.1 Å². The fourth-order valence-electron chi connectivity index (χ4n) is 2.97. The van der Waals surface area contributed by atoms with Crippen LogP contribution in [0.2, 0.25) is 5.02 Å². The van der Waals surface area contributed by atoms with Crippen LogP contribution in [0.5, 0.6) is 0 Å². The lowest BCUT2D eigenvalue weighted by molar-refractivity contribution is -0.117. The van der Waals surface area contributed by atoms with E-state index in [1.54, 1.807) is 0 Å². The Kier molecular flexibility index (Phi) is 5.55. The third kappa shape index (κ3) is 4.15. The van der Waals surface area contributed by atoms with Gasteiger partial charge < -0.3 is 5.32 Å². The molecule has 0 bridgehead atoms. The molecule has 0 spiro atoms. The van der Waals surface area contributed by atoms with E-state index in [0.29, 0.717) is 23.1 Å². The Hall–Kier alpha value is -2.12. The fourth-order valence-corrected chi connectivity index (χ4v) is 3.93. The predicted molar refractivity (Wildman–Crippen MR) is 121 cm³/mol. The van der Waals surface area contributed by atoms with Crippen LogP contribution in [0.3, 0.4) is 0 Å². The van der Waals surface area contributed by atoms with Crippen LogP contribution in [0, 0.1) is 3.57 Å². The second kappa shape index (κ2) is 8.09. The van der Waals surface area contributed by atoms with E-state index in [4.69, 9.17) is 16.7 Å². The molecule has 1 heterocycles. The molecule has 0 atom stereocenters. The number of halogens is 2. The Labute approximate surface area is 182 Å². The molecular formula is C22H19ClIN3O. The zero-order chi connectivity index (χ0) is 19.7. The molecule has 0 unspecified atom stereocenters. The smallest absolute Gasteiger partial charge is 0.247 e. The summed E-state index contributed by atoms with van der Waals surface area (Å²) in [4.78, 5) is 12.3. The minimum absolute atomic E-state index is 0.0828. The van der Waals surface area contributed by atoms with Gasteiger partial charge in [-0.3, -0.25) is 4.79 Å². The zero-order valence-corrected chi connectivity index (χ0v) is 18.1. The van der Waals surface area contributed by atoms with Gasteiger partial charge in [0.15, 0.2) is 0 Å². The Morgan fingerprint density at radius 2 is 1.86 bits per heavy atom. The van der Waals surface area contributed by atoms with Crippen LogP contribution < -0.4 is 5.32 Å². The van der Waals surface area contributed by atoms with Crippen LogP contribution in [-0.2, 0) is 11.2 Å². The number of nitrogens with one attached hydrogen (secondary N) is 1. The number of hydrogen-bond donors (Lipinski definition) is 1. The highest BCUT2D eigenvalue weighted by Gasteiger charge is 2.25. The molecule has 0 saturated heterocycles. The number of amides is 1. The van der Waals surface area contributed by atoms with Gasteiger partial charge in [0.2, 0.25) is 5.91 Å². The van der Waals surface area contributed by atoms with Gasteiger partial charge in [0, 0.05) is 28.6 Å². The first-order valence-corrected chi connectivity index (χ1v) is 10.6. The lowest BCUT2D eigenvalue weighted by Gasteiger charge is -2.08. The van der Waals surface area contributed by atoms with E-state index < -0.39 is 0 Å². The number of nitrogens with zero attached hydrogens (tertiary/aromatic N) is 2. The Morgan fingerprint density at radius 3 is 2.50 bits per heavy atom. The predicted octanol–water partition coefficient (Wildman–Crippen LogP) is 5.17. The highest BCUT2D eigenvalue weighted by Crippen LogP contribution is 2.32. The molecule has 0 radical (unpaired) electrons. The van der Waals surface area contributed by atoms with Crippen molar-refractivity contribution in [3.05, 3.63) is 81.0 Å². The third-order valence-corrected chi connectivity index (χ3v) is 6.01. The van der Waals surface area contributed by atoms with Crippen molar-refractivity contribution in [3.63, 3.8) is 0 Å². The molecule has 1 N–H and O–H groups in total. The standard InChI is InChI=1S/C22H19ClIN3O/c1-14(22(28)25-17-11-12-17)13-19-20(24)21(15-7-9-16(23)10-8-15)27(26-19)18-5-3-2-4-6-18/h2-10,17H,1,11-13H2,(H,25,28). The minimum atomic E-state index is -0.0828. The van der Waals surface area contributed by atoms with Crippen molar-refractivity contribution in [2.45, 2.75) is 25.3 Å². The lowest BCUT2D eigenvalue weighted by Crippen LogP contribution is -2.27. The second-order valence-electron chi connectivity index (χ2n) is 6.89. The molecule has 28 heavy (non-hydrogen) atoms. The van der Waals surface area contributed by atoms with Crippen LogP contribution in [0.1, 0.15) is 18.5 Å². The first kappa shape index (κ1) is 19.2. The second-order valence-corrected chi connectivity index (χ2v) is 8.41. The van der Waals surface area contributed by atoms with Gasteiger partial charge >= 0.3 is 0 Å². The number of aromatic nitrogens is 2. The van der Waals surface area contributed by atoms with Crippen molar-refractivity contribution in [1.29, 1.82) is 0 Å².